The van der Waals surface area contributed by atoms with Crippen molar-refractivity contribution in [2.24, 2.45) is 0 Å². The second-order valence-electron chi connectivity index (χ2n) is 10.9. The molecule has 2 aliphatic heterocycles. The number of likely N-dealkylation sites (N-methyl/N-ethyl adjacent to an activating group) is 1. The summed E-state index contributed by atoms with van der Waals surface area (Å²) in [7, 11) is 3.06. The molecule has 3 aromatic carbocycles. The maximum atomic E-state index is 13.8. The van der Waals surface area contributed by atoms with Gasteiger partial charge in [-0.05, 0) is 61.7 Å². The molecule has 9 heteroatoms. The lowest BCUT2D eigenvalue weighted by Gasteiger charge is -2.31. The third-order valence-electron chi connectivity index (χ3n) is 6.52. The molecule has 41 heavy (non-hydrogen) atoms. The van der Waals surface area contributed by atoms with E-state index in [2.05, 4.69) is 5.32 Å². The van der Waals surface area contributed by atoms with Crippen LogP contribution < -0.4 is 14.8 Å². The molecule has 0 unspecified atom stereocenters. The van der Waals surface area contributed by atoms with Crippen LogP contribution in [0.4, 0.5) is 4.79 Å². The molecular formula is C32H36N2O7. The van der Waals surface area contributed by atoms with Gasteiger partial charge in [0.15, 0.2) is 11.5 Å². The highest BCUT2D eigenvalue weighted by molar-refractivity contribution is 5.90. The van der Waals surface area contributed by atoms with Gasteiger partial charge in [-0.3, -0.25) is 9.69 Å². The quantitative estimate of drug-likeness (QED) is 0.436. The second-order valence-corrected chi connectivity index (χ2v) is 10.9. The number of methoxy groups -OCH3 is 1. The Morgan fingerprint density at radius 1 is 0.976 bits per heavy atom. The van der Waals surface area contributed by atoms with Crippen LogP contribution in [0.3, 0.4) is 0 Å². The predicted molar refractivity (Wildman–Crippen MR) is 153 cm³/mol. The van der Waals surface area contributed by atoms with Crippen molar-refractivity contribution < 1.29 is 33.3 Å². The van der Waals surface area contributed by atoms with E-state index in [4.69, 9.17) is 18.9 Å². The summed E-state index contributed by atoms with van der Waals surface area (Å²) in [5.74, 6) is 0.457. The molecule has 0 radical (unpaired) electrons. The fourth-order valence-electron chi connectivity index (χ4n) is 4.36. The predicted octanol–water partition coefficient (Wildman–Crippen LogP) is 5.05. The Balaban J connectivity index is 1.69. The van der Waals surface area contributed by atoms with E-state index in [1.807, 2.05) is 42.5 Å². The van der Waals surface area contributed by atoms with E-state index in [0.717, 1.165) is 11.1 Å². The maximum Gasteiger partial charge on any atom is 0.410 e. The van der Waals surface area contributed by atoms with Gasteiger partial charge in [0.2, 0.25) is 5.91 Å². The van der Waals surface area contributed by atoms with Crippen LogP contribution >= 0.6 is 0 Å². The van der Waals surface area contributed by atoms with Crippen LogP contribution in [0.2, 0.25) is 0 Å². The number of carbonyl (C=O) groups excluding carboxylic acids is 3. The van der Waals surface area contributed by atoms with Crippen molar-refractivity contribution in [2.75, 3.05) is 14.2 Å². The molecule has 2 amide bonds. The van der Waals surface area contributed by atoms with Crippen LogP contribution in [0, 0.1) is 0 Å². The van der Waals surface area contributed by atoms with Crippen LogP contribution in [0.25, 0.3) is 0 Å². The summed E-state index contributed by atoms with van der Waals surface area (Å²) in [6.07, 6.45) is -0.343. The fraction of sp³-hybridized carbons (Fsp3) is 0.344. The Hall–Kier alpha value is -4.53. The van der Waals surface area contributed by atoms with Crippen molar-refractivity contribution in [3.8, 4) is 17.2 Å². The number of amides is 2. The van der Waals surface area contributed by atoms with Crippen molar-refractivity contribution in [3.05, 3.63) is 89.5 Å². The highest BCUT2D eigenvalue weighted by atomic mass is 16.6. The first kappa shape index (κ1) is 29.5. The zero-order valence-corrected chi connectivity index (χ0v) is 24.0. The third kappa shape index (κ3) is 8.00. The number of ether oxygens (including phenoxy) is 4. The molecule has 216 valence electrons. The Labute approximate surface area is 240 Å². The first-order valence-corrected chi connectivity index (χ1v) is 13.4. The lowest BCUT2D eigenvalue weighted by atomic mass is 10.0. The standard InChI is InChI=1S/C32H36N2O7/c1-32(2,3)41-31(37)34(4)26-18-21-11-14-24(15-12-21)40-28-19-23(13-16-27(28)38-5)17-25(33-29(26)35)30(36)39-20-22-9-7-6-8-10-22/h6-16,19,25-26H,17-18,20H2,1-5H3,(H,33,35)/t25-,26-/m0/s1. The molecule has 9 nitrogen and oxygen atoms in total. The largest absolute Gasteiger partial charge is 0.493 e. The number of hydrogen-bond acceptors (Lipinski definition) is 7. The Kier molecular flexibility index (Phi) is 9.17. The molecule has 2 atom stereocenters. The molecule has 0 saturated heterocycles. The Bertz CT molecular complexity index is 1370. The van der Waals surface area contributed by atoms with Crippen LogP contribution in [0.1, 0.15) is 37.5 Å². The normalized spacial score (nSPS) is 17.0. The van der Waals surface area contributed by atoms with Gasteiger partial charge >= 0.3 is 12.1 Å². The van der Waals surface area contributed by atoms with E-state index in [-0.39, 0.29) is 19.4 Å². The average molecular weight is 561 g/mol. The van der Waals surface area contributed by atoms with E-state index in [1.54, 1.807) is 58.2 Å². The smallest absolute Gasteiger partial charge is 0.410 e. The summed E-state index contributed by atoms with van der Waals surface area (Å²) >= 11 is 0. The molecule has 2 aliphatic rings. The van der Waals surface area contributed by atoms with Crippen LogP contribution in [0.15, 0.2) is 72.8 Å². The van der Waals surface area contributed by atoms with Gasteiger partial charge in [-0.2, -0.15) is 0 Å². The summed E-state index contributed by atoms with van der Waals surface area (Å²) in [5.41, 5.74) is 1.57. The number of carbonyl (C=O) groups is 3. The van der Waals surface area contributed by atoms with Gasteiger partial charge in [-0.15, -0.1) is 0 Å². The van der Waals surface area contributed by atoms with Gasteiger partial charge in [0.05, 0.1) is 7.11 Å². The molecule has 0 aromatic heterocycles. The van der Waals surface area contributed by atoms with Crippen molar-refractivity contribution >= 4 is 18.0 Å². The van der Waals surface area contributed by atoms with Gasteiger partial charge in [0.25, 0.3) is 0 Å². The minimum absolute atomic E-state index is 0.0517. The number of esters is 1. The van der Waals surface area contributed by atoms with Crippen molar-refractivity contribution in [1.82, 2.24) is 10.2 Å². The molecule has 4 bridgehead atoms. The summed E-state index contributed by atoms with van der Waals surface area (Å²) in [6, 6.07) is 19.8. The first-order chi connectivity index (χ1) is 19.5. The van der Waals surface area contributed by atoms with Crippen LogP contribution in [0.5, 0.6) is 17.2 Å². The number of benzene rings is 3. The van der Waals surface area contributed by atoms with E-state index in [1.165, 1.54) is 11.9 Å². The number of nitrogens with zero attached hydrogens (tertiary/aromatic N) is 1. The SMILES string of the molecule is COc1ccc2cc1Oc1ccc(cc1)C[C@H](N(C)C(=O)OC(C)(C)C)C(=O)N[C@H](C(=O)OCc1ccccc1)C2. The minimum atomic E-state index is -1.04. The monoisotopic (exact) mass is 560 g/mol. The molecule has 0 aliphatic carbocycles. The van der Waals surface area contributed by atoms with Gasteiger partial charge < -0.3 is 24.3 Å². The van der Waals surface area contributed by atoms with Gasteiger partial charge in [0, 0.05) is 19.9 Å². The molecule has 0 fully saturated rings. The number of nitrogens with one attached hydrogen (secondary N) is 1. The summed E-state index contributed by atoms with van der Waals surface area (Å²) < 4.78 is 22.7. The van der Waals surface area contributed by atoms with Gasteiger partial charge in [-0.1, -0.05) is 48.5 Å². The topological polar surface area (TPSA) is 103 Å². The second kappa shape index (κ2) is 12.8. The molecule has 3 aromatic rings. The lowest BCUT2D eigenvalue weighted by molar-refractivity contribution is -0.149. The number of rotatable bonds is 5. The average Bonchev–Trinajstić information content (AvgIpc) is 2.94. The highest BCUT2D eigenvalue weighted by Gasteiger charge is 2.34. The van der Waals surface area contributed by atoms with Gasteiger partial charge in [-0.25, -0.2) is 9.59 Å². The number of fused-ring (bicyclic) bond motifs is 7. The van der Waals surface area contributed by atoms with Crippen molar-refractivity contribution in [2.45, 2.75) is 57.9 Å². The molecule has 2 heterocycles. The highest BCUT2D eigenvalue weighted by Crippen LogP contribution is 2.33. The molecule has 0 spiro atoms. The first-order valence-electron chi connectivity index (χ1n) is 13.4. The van der Waals surface area contributed by atoms with E-state index in [0.29, 0.717) is 22.8 Å². The van der Waals surface area contributed by atoms with Crippen LogP contribution in [-0.2, 0) is 38.5 Å². The zero-order valence-electron chi connectivity index (χ0n) is 24.0. The summed E-state index contributed by atoms with van der Waals surface area (Å²) in [4.78, 5) is 41.4. The van der Waals surface area contributed by atoms with Gasteiger partial charge in [0.1, 0.15) is 30.0 Å². The molecule has 1 N–H and O–H groups in total. The van der Waals surface area contributed by atoms with Crippen molar-refractivity contribution in [1.29, 1.82) is 0 Å². The molecule has 5 rings (SSSR count). The maximum absolute atomic E-state index is 13.8. The molecule has 0 saturated carbocycles. The third-order valence-corrected chi connectivity index (χ3v) is 6.52. The number of hydrogen-bond donors (Lipinski definition) is 1. The van der Waals surface area contributed by atoms with Crippen LogP contribution in [-0.4, -0.2) is 54.7 Å². The van der Waals surface area contributed by atoms with Crippen molar-refractivity contribution in [3.63, 3.8) is 0 Å². The van der Waals surface area contributed by atoms with E-state index >= 15 is 0 Å². The van der Waals surface area contributed by atoms with E-state index < -0.39 is 35.7 Å². The fourth-order valence-corrected chi connectivity index (χ4v) is 4.36. The summed E-state index contributed by atoms with van der Waals surface area (Å²) in [6.45, 7) is 5.32. The Morgan fingerprint density at radius 3 is 2.32 bits per heavy atom. The minimum Gasteiger partial charge on any atom is -0.493 e. The Morgan fingerprint density at radius 2 is 1.66 bits per heavy atom. The van der Waals surface area contributed by atoms with E-state index in [9.17, 15) is 14.4 Å². The lowest BCUT2D eigenvalue weighted by Crippen LogP contribution is -2.54. The zero-order chi connectivity index (χ0) is 29.6. The molecular weight excluding hydrogens is 524 g/mol. The summed E-state index contributed by atoms with van der Waals surface area (Å²) in [5, 5.41) is 2.85.